The van der Waals surface area contributed by atoms with Crippen LogP contribution in [0.4, 0.5) is 0 Å². The second-order valence-corrected chi connectivity index (χ2v) is 4.09. The van der Waals surface area contributed by atoms with Gasteiger partial charge in [-0.15, -0.1) is 0 Å². The van der Waals surface area contributed by atoms with E-state index in [1.54, 1.807) is 0 Å². The molecule has 1 aromatic carbocycles. The molecule has 0 N–H and O–H groups in total. The van der Waals surface area contributed by atoms with Crippen LogP contribution in [0, 0.1) is 0 Å². The van der Waals surface area contributed by atoms with E-state index in [9.17, 15) is 4.79 Å². The fraction of sp³-hybridized carbons (Fsp3) is 0.462. The standard InChI is InChI=1S/C13H17ClO/c1-3-5-6-13(15)11-7-8-12(14)10(4-2)9-11/h7-9H,3-6H2,1-2H3. The molecule has 0 heterocycles. The lowest BCUT2D eigenvalue weighted by Crippen LogP contribution is -1.99. The van der Waals surface area contributed by atoms with E-state index < -0.39 is 0 Å². The minimum atomic E-state index is 0.225. The van der Waals surface area contributed by atoms with Crippen molar-refractivity contribution in [1.29, 1.82) is 0 Å². The van der Waals surface area contributed by atoms with E-state index in [1.807, 2.05) is 25.1 Å². The number of aryl methyl sites for hydroxylation is 1. The molecule has 0 radical (unpaired) electrons. The molecular weight excluding hydrogens is 208 g/mol. The van der Waals surface area contributed by atoms with Crippen molar-refractivity contribution in [2.45, 2.75) is 39.5 Å². The van der Waals surface area contributed by atoms with Crippen molar-refractivity contribution >= 4 is 17.4 Å². The van der Waals surface area contributed by atoms with Gasteiger partial charge in [0.05, 0.1) is 0 Å². The Morgan fingerprint density at radius 2 is 2.07 bits per heavy atom. The van der Waals surface area contributed by atoms with Crippen LogP contribution in [-0.2, 0) is 6.42 Å². The molecule has 0 saturated carbocycles. The van der Waals surface area contributed by atoms with E-state index >= 15 is 0 Å². The lowest BCUT2D eigenvalue weighted by atomic mass is 10.0. The second kappa shape index (κ2) is 5.92. The zero-order chi connectivity index (χ0) is 11.3. The smallest absolute Gasteiger partial charge is 0.162 e. The number of halogens is 1. The number of Topliss-reactive ketones (excluding diaryl/α,β-unsaturated/α-hetero) is 1. The van der Waals surface area contributed by atoms with Crippen LogP contribution in [0.5, 0.6) is 0 Å². The number of carbonyl (C=O) groups is 1. The van der Waals surface area contributed by atoms with Crippen LogP contribution in [0.1, 0.15) is 49.0 Å². The average Bonchev–Trinajstić information content (AvgIpc) is 2.26. The first-order valence-electron chi connectivity index (χ1n) is 5.50. The number of carbonyl (C=O) groups excluding carboxylic acids is 1. The third-order valence-electron chi connectivity index (χ3n) is 2.51. The fourth-order valence-corrected chi connectivity index (χ4v) is 1.75. The van der Waals surface area contributed by atoms with Gasteiger partial charge in [0.25, 0.3) is 0 Å². The van der Waals surface area contributed by atoms with Crippen molar-refractivity contribution in [3.05, 3.63) is 34.3 Å². The van der Waals surface area contributed by atoms with Crippen molar-refractivity contribution in [3.63, 3.8) is 0 Å². The predicted molar refractivity (Wildman–Crippen MR) is 64.7 cm³/mol. The molecule has 0 bridgehead atoms. The first-order valence-corrected chi connectivity index (χ1v) is 5.88. The molecule has 0 saturated heterocycles. The maximum Gasteiger partial charge on any atom is 0.162 e. The van der Waals surface area contributed by atoms with Gasteiger partial charge < -0.3 is 0 Å². The third-order valence-corrected chi connectivity index (χ3v) is 2.87. The first kappa shape index (κ1) is 12.3. The lowest BCUT2D eigenvalue weighted by Gasteiger charge is -2.04. The maximum absolute atomic E-state index is 11.7. The average molecular weight is 225 g/mol. The molecule has 0 spiro atoms. The van der Waals surface area contributed by atoms with Crippen LogP contribution in [0.3, 0.4) is 0 Å². The number of ketones is 1. The van der Waals surface area contributed by atoms with Crippen LogP contribution >= 0.6 is 11.6 Å². The van der Waals surface area contributed by atoms with Gasteiger partial charge in [0.2, 0.25) is 0 Å². The van der Waals surface area contributed by atoms with E-state index in [4.69, 9.17) is 11.6 Å². The molecule has 1 aromatic rings. The zero-order valence-electron chi connectivity index (χ0n) is 9.35. The van der Waals surface area contributed by atoms with E-state index in [-0.39, 0.29) is 5.78 Å². The molecule has 1 nitrogen and oxygen atoms in total. The number of hydrogen-bond donors (Lipinski definition) is 0. The largest absolute Gasteiger partial charge is 0.294 e. The Labute approximate surface area is 96.5 Å². The topological polar surface area (TPSA) is 17.1 Å². The van der Waals surface area contributed by atoms with E-state index in [2.05, 4.69) is 6.92 Å². The normalized spacial score (nSPS) is 10.3. The van der Waals surface area contributed by atoms with Gasteiger partial charge in [0.15, 0.2) is 5.78 Å². The molecule has 0 aliphatic heterocycles. The Morgan fingerprint density at radius 3 is 2.67 bits per heavy atom. The highest BCUT2D eigenvalue weighted by molar-refractivity contribution is 6.31. The highest BCUT2D eigenvalue weighted by Crippen LogP contribution is 2.19. The molecule has 0 amide bonds. The summed E-state index contributed by atoms with van der Waals surface area (Å²) in [4.78, 5) is 11.7. The number of unbranched alkanes of at least 4 members (excludes halogenated alkanes) is 1. The van der Waals surface area contributed by atoms with Gasteiger partial charge in [-0.05, 0) is 36.6 Å². The third kappa shape index (κ3) is 3.35. The molecule has 0 fully saturated rings. The van der Waals surface area contributed by atoms with Crippen molar-refractivity contribution in [2.75, 3.05) is 0 Å². The quantitative estimate of drug-likeness (QED) is 0.683. The maximum atomic E-state index is 11.7. The van der Waals surface area contributed by atoms with Gasteiger partial charge in [0.1, 0.15) is 0 Å². The summed E-state index contributed by atoms with van der Waals surface area (Å²) in [5.74, 6) is 0.225. The highest BCUT2D eigenvalue weighted by atomic mass is 35.5. The number of rotatable bonds is 5. The van der Waals surface area contributed by atoms with Crippen molar-refractivity contribution in [1.82, 2.24) is 0 Å². The Morgan fingerprint density at radius 1 is 1.33 bits per heavy atom. The summed E-state index contributed by atoms with van der Waals surface area (Å²) in [6, 6.07) is 5.55. The molecule has 0 aromatic heterocycles. The summed E-state index contributed by atoms with van der Waals surface area (Å²) >= 11 is 5.99. The predicted octanol–water partition coefficient (Wildman–Crippen LogP) is 4.28. The number of hydrogen-bond acceptors (Lipinski definition) is 1. The lowest BCUT2D eigenvalue weighted by molar-refractivity contribution is 0.0979. The van der Waals surface area contributed by atoms with Gasteiger partial charge in [0, 0.05) is 17.0 Å². The summed E-state index contributed by atoms with van der Waals surface area (Å²) in [6.07, 6.45) is 3.53. The minimum absolute atomic E-state index is 0.225. The molecule has 2 heteroatoms. The van der Waals surface area contributed by atoms with Crippen LogP contribution in [0.25, 0.3) is 0 Å². The van der Waals surface area contributed by atoms with Crippen molar-refractivity contribution in [2.24, 2.45) is 0 Å². The van der Waals surface area contributed by atoms with Gasteiger partial charge in [-0.3, -0.25) is 4.79 Å². The molecular formula is C13H17ClO. The molecule has 0 atom stereocenters. The van der Waals surface area contributed by atoms with Crippen molar-refractivity contribution < 1.29 is 4.79 Å². The van der Waals surface area contributed by atoms with E-state index in [0.717, 1.165) is 35.4 Å². The van der Waals surface area contributed by atoms with Crippen molar-refractivity contribution in [3.8, 4) is 0 Å². The monoisotopic (exact) mass is 224 g/mol. The Bertz CT molecular complexity index is 344. The highest BCUT2D eigenvalue weighted by Gasteiger charge is 2.07. The minimum Gasteiger partial charge on any atom is -0.294 e. The Balaban J connectivity index is 2.81. The van der Waals surface area contributed by atoms with Gasteiger partial charge in [-0.25, -0.2) is 0 Å². The Kier molecular flexibility index (Phi) is 4.83. The molecule has 15 heavy (non-hydrogen) atoms. The molecule has 82 valence electrons. The Hall–Kier alpha value is -0.820. The first-order chi connectivity index (χ1) is 7.19. The van der Waals surface area contributed by atoms with Crippen LogP contribution < -0.4 is 0 Å². The van der Waals surface area contributed by atoms with Gasteiger partial charge in [-0.2, -0.15) is 0 Å². The molecule has 0 aliphatic rings. The van der Waals surface area contributed by atoms with Gasteiger partial charge in [-0.1, -0.05) is 31.9 Å². The van der Waals surface area contributed by atoms with E-state index in [0.29, 0.717) is 6.42 Å². The summed E-state index contributed by atoms with van der Waals surface area (Å²) in [7, 11) is 0. The molecule has 0 aliphatic carbocycles. The SMILES string of the molecule is CCCCC(=O)c1ccc(Cl)c(CC)c1. The summed E-state index contributed by atoms with van der Waals surface area (Å²) in [5.41, 5.74) is 1.85. The molecule has 1 rings (SSSR count). The summed E-state index contributed by atoms with van der Waals surface area (Å²) < 4.78 is 0. The van der Waals surface area contributed by atoms with E-state index in [1.165, 1.54) is 0 Å². The zero-order valence-corrected chi connectivity index (χ0v) is 10.1. The van der Waals surface area contributed by atoms with Crippen LogP contribution in [0.15, 0.2) is 18.2 Å². The molecule has 0 unspecified atom stereocenters. The summed E-state index contributed by atoms with van der Waals surface area (Å²) in [6.45, 7) is 4.13. The number of benzene rings is 1. The van der Waals surface area contributed by atoms with Crippen LogP contribution in [0.2, 0.25) is 5.02 Å². The van der Waals surface area contributed by atoms with Crippen LogP contribution in [-0.4, -0.2) is 5.78 Å². The summed E-state index contributed by atoms with van der Waals surface area (Å²) in [5, 5.41) is 0.754. The van der Waals surface area contributed by atoms with Gasteiger partial charge >= 0.3 is 0 Å². The fourth-order valence-electron chi connectivity index (χ4n) is 1.50. The second-order valence-electron chi connectivity index (χ2n) is 3.69.